The molecule has 3 aromatic rings. The van der Waals surface area contributed by atoms with Crippen molar-refractivity contribution in [2.75, 3.05) is 17.6 Å². The van der Waals surface area contributed by atoms with E-state index < -0.39 is 0 Å². The van der Waals surface area contributed by atoms with E-state index in [1.54, 1.807) is 6.20 Å². The van der Waals surface area contributed by atoms with Crippen LogP contribution in [0, 0.1) is 20.8 Å². The fraction of sp³-hybridized carbons (Fsp3) is 0.227. The number of benzene rings is 2. The highest BCUT2D eigenvalue weighted by Crippen LogP contribution is 2.22. The Labute approximate surface area is 188 Å². The molecule has 0 aliphatic rings. The van der Waals surface area contributed by atoms with Gasteiger partial charge in [0, 0.05) is 28.2 Å². The number of nitrogens with zero attached hydrogens (tertiary/aromatic N) is 2. The molecule has 0 spiro atoms. The van der Waals surface area contributed by atoms with Gasteiger partial charge in [0.2, 0.25) is 11.8 Å². The van der Waals surface area contributed by atoms with Gasteiger partial charge in [-0.15, -0.1) is 0 Å². The zero-order valence-electron chi connectivity index (χ0n) is 17.0. The number of aryl methyl sites for hydroxylation is 3. The van der Waals surface area contributed by atoms with E-state index in [4.69, 9.17) is 0 Å². The van der Waals surface area contributed by atoms with Gasteiger partial charge in [0.15, 0.2) is 5.16 Å². The summed E-state index contributed by atoms with van der Waals surface area (Å²) in [6.45, 7) is 5.96. The van der Waals surface area contributed by atoms with Gasteiger partial charge in [0.1, 0.15) is 0 Å². The van der Waals surface area contributed by atoms with Crippen molar-refractivity contribution in [2.24, 2.45) is 0 Å². The number of rotatable bonds is 7. The second kappa shape index (κ2) is 9.95. The number of nitrogens with one attached hydrogen (secondary N) is 2. The van der Waals surface area contributed by atoms with Crippen LogP contribution in [-0.4, -0.2) is 33.7 Å². The second-order valence-corrected chi connectivity index (χ2v) is 8.78. The quantitative estimate of drug-likeness (QED) is 0.485. The first-order valence-electron chi connectivity index (χ1n) is 9.40. The first-order chi connectivity index (χ1) is 14.3. The minimum atomic E-state index is -0.268. The summed E-state index contributed by atoms with van der Waals surface area (Å²) in [5.74, 6) is -0.320. The Hall–Kier alpha value is -2.58. The lowest BCUT2D eigenvalue weighted by atomic mass is 10.1. The number of carbonyl (C=O) groups is 2. The van der Waals surface area contributed by atoms with Crippen LogP contribution in [0.25, 0.3) is 5.69 Å². The van der Waals surface area contributed by atoms with Crippen molar-refractivity contribution in [3.8, 4) is 5.69 Å². The van der Waals surface area contributed by atoms with Gasteiger partial charge in [-0.25, -0.2) is 4.98 Å². The molecule has 2 aromatic carbocycles. The minimum Gasteiger partial charge on any atom is -0.346 e. The monoisotopic (exact) mass is 486 g/mol. The van der Waals surface area contributed by atoms with Crippen molar-refractivity contribution in [3.63, 3.8) is 0 Å². The lowest BCUT2D eigenvalue weighted by Crippen LogP contribution is -2.34. The zero-order valence-corrected chi connectivity index (χ0v) is 19.4. The predicted octanol–water partition coefficient (Wildman–Crippen LogP) is 4.41. The van der Waals surface area contributed by atoms with E-state index in [9.17, 15) is 9.59 Å². The van der Waals surface area contributed by atoms with Crippen LogP contribution in [0.4, 0.5) is 5.69 Å². The molecular formula is C22H23BrN4O2S. The second-order valence-electron chi connectivity index (χ2n) is 6.92. The van der Waals surface area contributed by atoms with Crippen molar-refractivity contribution in [2.45, 2.75) is 25.9 Å². The molecule has 0 aliphatic heterocycles. The number of carbonyl (C=O) groups excluding carboxylic acids is 2. The molecule has 2 N–H and O–H groups in total. The Balaban J connectivity index is 1.51. The predicted molar refractivity (Wildman–Crippen MR) is 124 cm³/mol. The molecule has 1 aromatic heterocycles. The lowest BCUT2D eigenvalue weighted by Gasteiger charge is -2.11. The molecule has 0 unspecified atom stereocenters. The molecule has 3 rings (SSSR count). The van der Waals surface area contributed by atoms with Gasteiger partial charge in [0.05, 0.1) is 12.3 Å². The van der Waals surface area contributed by atoms with E-state index in [1.165, 1.54) is 22.9 Å². The summed E-state index contributed by atoms with van der Waals surface area (Å²) in [5, 5.41) is 6.18. The third-order valence-electron chi connectivity index (χ3n) is 4.62. The van der Waals surface area contributed by atoms with E-state index in [0.29, 0.717) is 0 Å². The Morgan fingerprint density at radius 2 is 1.83 bits per heavy atom. The standard InChI is InChI=1S/C22H23BrN4O2S/c1-14-4-6-18(11-15(14)2)27-9-8-24-22(27)30-13-21(29)25-12-20(28)26-19-7-5-17(23)10-16(19)3/h4-11H,12-13H2,1-3H3,(H,25,29)(H,26,28). The van der Waals surface area contributed by atoms with Crippen LogP contribution in [0.2, 0.25) is 0 Å². The maximum atomic E-state index is 12.2. The highest BCUT2D eigenvalue weighted by atomic mass is 79.9. The fourth-order valence-corrected chi connectivity index (χ4v) is 4.07. The van der Waals surface area contributed by atoms with Crippen LogP contribution in [0.3, 0.4) is 0 Å². The van der Waals surface area contributed by atoms with Gasteiger partial charge in [-0.2, -0.15) is 0 Å². The molecule has 6 nitrogen and oxygen atoms in total. The van der Waals surface area contributed by atoms with Crippen LogP contribution in [0.1, 0.15) is 16.7 Å². The molecule has 1 heterocycles. The van der Waals surface area contributed by atoms with E-state index in [1.807, 2.05) is 42.0 Å². The molecule has 2 amide bonds. The van der Waals surface area contributed by atoms with Crippen molar-refractivity contribution in [1.82, 2.24) is 14.9 Å². The van der Waals surface area contributed by atoms with Gasteiger partial charge < -0.3 is 10.6 Å². The number of thioether (sulfide) groups is 1. The highest BCUT2D eigenvalue weighted by molar-refractivity contribution is 9.10. The Bertz CT molecular complexity index is 1080. The summed E-state index contributed by atoms with van der Waals surface area (Å²) in [7, 11) is 0. The van der Waals surface area contributed by atoms with E-state index in [2.05, 4.69) is 57.5 Å². The summed E-state index contributed by atoms with van der Waals surface area (Å²) in [6, 6.07) is 11.8. The summed E-state index contributed by atoms with van der Waals surface area (Å²) in [6.07, 6.45) is 3.59. The van der Waals surface area contributed by atoms with Gasteiger partial charge in [-0.05, 0) is 67.8 Å². The van der Waals surface area contributed by atoms with Crippen molar-refractivity contribution >= 4 is 45.2 Å². The molecule has 8 heteroatoms. The van der Waals surface area contributed by atoms with Crippen molar-refractivity contribution in [3.05, 3.63) is 70.0 Å². The van der Waals surface area contributed by atoms with Crippen molar-refractivity contribution in [1.29, 1.82) is 0 Å². The van der Waals surface area contributed by atoms with Crippen LogP contribution in [-0.2, 0) is 9.59 Å². The Morgan fingerprint density at radius 3 is 2.57 bits per heavy atom. The fourth-order valence-electron chi connectivity index (χ4n) is 2.79. The maximum Gasteiger partial charge on any atom is 0.243 e. The third-order valence-corrected chi connectivity index (χ3v) is 6.08. The molecule has 0 radical (unpaired) electrons. The maximum absolute atomic E-state index is 12.2. The molecule has 30 heavy (non-hydrogen) atoms. The number of imidazole rings is 1. The van der Waals surface area contributed by atoms with Gasteiger partial charge in [-0.1, -0.05) is 33.8 Å². The van der Waals surface area contributed by atoms with Crippen LogP contribution < -0.4 is 10.6 Å². The van der Waals surface area contributed by atoms with Crippen molar-refractivity contribution < 1.29 is 9.59 Å². The zero-order chi connectivity index (χ0) is 21.7. The molecule has 0 saturated carbocycles. The highest BCUT2D eigenvalue weighted by Gasteiger charge is 2.11. The molecule has 0 atom stereocenters. The number of amides is 2. The molecule has 0 bridgehead atoms. The topological polar surface area (TPSA) is 76.0 Å². The number of halogens is 1. The molecule has 0 fully saturated rings. The largest absolute Gasteiger partial charge is 0.346 e. The smallest absolute Gasteiger partial charge is 0.243 e. The van der Waals surface area contributed by atoms with Gasteiger partial charge in [0.25, 0.3) is 0 Å². The minimum absolute atomic E-state index is 0.0828. The van der Waals surface area contributed by atoms with E-state index in [0.717, 1.165) is 26.6 Å². The molecule has 156 valence electrons. The Kier molecular flexibility index (Phi) is 7.33. The average molecular weight is 487 g/mol. The van der Waals surface area contributed by atoms with Crippen LogP contribution >= 0.6 is 27.7 Å². The number of hydrogen-bond donors (Lipinski definition) is 2. The average Bonchev–Trinajstić information content (AvgIpc) is 3.17. The summed E-state index contributed by atoms with van der Waals surface area (Å²) >= 11 is 4.72. The van der Waals surface area contributed by atoms with E-state index in [-0.39, 0.29) is 24.1 Å². The summed E-state index contributed by atoms with van der Waals surface area (Å²) < 4.78 is 2.90. The number of anilines is 1. The Morgan fingerprint density at radius 1 is 1.03 bits per heavy atom. The number of aromatic nitrogens is 2. The van der Waals surface area contributed by atoms with E-state index >= 15 is 0 Å². The lowest BCUT2D eigenvalue weighted by molar-refractivity contribution is -0.122. The molecule has 0 aliphatic carbocycles. The van der Waals surface area contributed by atoms with Crippen LogP contribution in [0.15, 0.2) is 58.4 Å². The molecular weight excluding hydrogens is 464 g/mol. The van der Waals surface area contributed by atoms with Gasteiger partial charge in [-0.3, -0.25) is 14.2 Å². The normalized spacial score (nSPS) is 10.7. The van der Waals surface area contributed by atoms with Crippen LogP contribution in [0.5, 0.6) is 0 Å². The summed E-state index contributed by atoms with van der Waals surface area (Å²) in [5.41, 5.74) is 5.09. The third kappa shape index (κ3) is 5.73. The first kappa shape index (κ1) is 22.1. The summed E-state index contributed by atoms with van der Waals surface area (Å²) in [4.78, 5) is 28.7. The number of hydrogen-bond acceptors (Lipinski definition) is 4. The SMILES string of the molecule is Cc1ccc(-n2ccnc2SCC(=O)NCC(=O)Nc2ccc(Br)cc2C)cc1C. The van der Waals surface area contributed by atoms with Gasteiger partial charge >= 0.3 is 0 Å². The molecule has 0 saturated heterocycles. The first-order valence-corrected chi connectivity index (χ1v) is 11.2.